The molecule has 0 fully saturated rings. The molecule has 0 aromatic heterocycles. The van der Waals surface area contributed by atoms with Gasteiger partial charge in [-0.25, -0.2) is 0 Å². The summed E-state index contributed by atoms with van der Waals surface area (Å²) in [6.45, 7) is 2.59. The number of aliphatic hydroxyl groups is 1. The van der Waals surface area contributed by atoms with Crippen molar-refractivity contribution in [3.05, 3.63) is 28.2 Å². The molecule has 0 amide bonds. The van der Waals surface area contributed by atoms with Crippen LogP contribution in [0.25, 0.3) is 0 Å². The van der Waals surface area contributed by atoms with Crippen molar-refractivity contribution in [2.45, 2.75) is 13.5 Å². The number of aliphatic hydroxyl groups excluding tert-OH is 1. The molecular formula is C9H11BrO2. The lowest BCUT2D eigenvalue weighted by molar-refractivity contribution is 0.279. The Morgan fingerprint density at radius 2 is 2.25 bits per heavy atom. The lowest BCUT2D eigenvalue weighted by atomic mass is 10.2. The maximum absolute atomic E-state index is 8.93. The van der Waals surface area contributed by atoms with Gasteiger partial charge in [0.2, 0.25) is 0 Å². The number of hydrogen-bond donors (Lipinski definition) is 1. The minimum absolute atomic E-state index is 0.0293. The maximum Gasteiger partial charge on any atom is 0.133 e. The van der Waals surface area contributed by atoms with E-state index < -0.39 is 0 Å². The molecule has 0 aliphatic rings. The van der Waals surface area contributed by atoms with Crippen molar-refractivity contribution in [3.63, 3.8) is 0 Å². The Morgan fingerprint density at radius 3 is 2.83 bits per heavy atom. The lowest BCUT2D eigenvalue weighted by Crippen LogP contribution is -1.94. The van der Waals surface area contributed by atoms with Gasteiger partial charge >= 0.3 is 0 Å². The molecule has 3 heteroatoms. The van der Waals surface area contributed by atoms with Gasteiger partial charge in [0, 0.05) is 0 Å². The average molecular weight is 231 g/mol. The molecule has 0 radical (unpaired) electrons. The normalized spacial score (nSPS) is 9.92. The molecule has 0 aliphatic carbocycles. The number of rotatable bonds is 3. The first kappa shape index (κ1) is 9.55. The molecule has 1 N–H and O–H groups in total. The van der Waals surface area contributed by atoms with Crippen LogP contribution in [0.4, 0.5) is 0 Å². The third kappa shape index (κ3) is 1.99. The molecule has 66 valence electrons. The van der Waals surface area contributed by atoms with Crippen molar-refractivity contribution in [2.24, 2.45) is 0 Å². The number of hydrogen-bond acceptors (Lipinski definition) is 2. The zero-order chi connectivity index (χ0) is 8.97. The van der Waals surface area contributed by atoms with E-state index in [1.165, 1.54) is 0 Å². The summed E-state index contributed by atoms with van der Waals surface area (Å²) in [5.74, 6) is 0.782. The van der Waals surface area contributed by atoms with E-state index in [4.69, 9.17) is 9.84 Å². The first-order valence-electron chi connectivity index (χ1n) is 3.80. The van der Waals surface area contributed by atoms with Crippen LogP contribution < -0.4 is 4.74 Å². The quantitative estimate of drug-likeness (QED) is 0.865. The summed E-state index contributed by atoms with van der Waals surface area (Å²) in [6, 6.07) is 5.58. The van der Waals surface area contributed by atoms with Crippen molar-refractivity contribution in [1.82, 2.24) is 0 Å². The van der Waals surface area contributed by atoms with Crippen molar-refractivity contribution in [1.29, 1.82) is 0 Å². The Kier molecular flexibility index (Phi) is 3.56. The van der Waals surface area contributed by atoms with Crippen LogP contribution in [0.2, 0.25) is 0 Å². The van der Waals surface area contributed by atoms with Crippen LogP contribution in [0.1, 0.15) is 12.5 Å². The first-order valence-corrected chi connectivity index (χ1v) is 4.60. The van der Waals surface area contributed by atoms with Gasteiger partial charge in [-0.2, -0.15) is 0 Å². The summed E-state index contributed by atoms with van der Waals surface area (Å²) in [6.07, 6.45) is 0. The van der Waals surface area contributed by atoms with E-state index in [1.807, 2.05) is 25.1 Å². The molecule has 0 atom stereocenters. The number of ether oxygens (including phenoxy) is 1. The summed E-state index contributed by atoms with van der Waals surface area (Å²) in [7, 11) is 0. The van der Waals surface area contributed by atoms with E-state index in [2.05, 4.69) is 15.9 Å². The monoisotopic (exact) mass is 230 g/mol. The van der Waals surface area contributed by atoms with Gasteiger partial charge in [-0.3, -0.25) is 0 Å². The predicted molar refractivity (Wildman–Crippen MR) is 51.2 cm³/mol. The number of benzene rings is 1. The van der Waals surface area contributed by atoms with Crippen molar-refractivity contribution < 1.29 is 9.84 Å². The van der Waals surface area contributed by atoms with Gasteiger partial charge in [-0.15, -0.1) is 0 Å². The van der Waals surface area contributed by atoms with Crippen LogP contribution in [0.5, 0.6) is 5.75 Å². The second-order valence-corrected chi connectivity index (χ2v) is 3.11. The van der Waals surface area contributed by atoms with Crippen LogP contribution >= 0.6 is 15.9 Å². The van der Waals surface area contributed by atoms with Gasteiger partial charge in [0.15, 0.2) is 0 Å². The molecule has 12 heavy (non-hydrogen) atoms. The fraction of sp³-hybridized carbons (Fsp3) is 0.333. The molecule has 0 saturated carbocycles. The Labute approximate surface area is 80.3 Å². The maximum atomic E-state index is 8.93. The highest BCUT2D eigenvalue weighted by Crippen LogP contribution is 2.28. The Hall–Kier alpha value is -0.540. The lowest BCUT2D eigenvalue weighted by Gasteiger charge is -2.07. The fourth-order valence-electron chi connectivity index (χ4n) is 0.945. The Balaban J connectivity index is 2.97. The third-order valence-corrected chi connectivity index (χ3v) is 2.41. The molecule has 0 aliphatic heterocycles. The molecule has 0 unspecified atom stereocenters. The second-order valence-electron chi connectivity index (χ2n) is 2.32. The minimum atomic E-state index is 0.0293. The molecule has 1 aromatic carbocycles. The van der Waals surface area contributed by atoms with E-state index in [0.717, 1.165) is 15.8 Å². The third-order valence-electron chi connectivity index (χ3n) is 1.51. The molecule has 0 saturated heterocycles. The average Bonchev–Trinajstić information content (AvgIpc) is 2.09. The Morgan fingerprint density at radius 1 is 1.50 bits per heavy atom. The van der Waals surface area contributed by atoms with E-state index in [-0.39, 0.29) is 6.61 Å². The van der Waals surface area contributed by atoms with E-state index in [1.54, 1.807) is 0 Å². The minimum Gasteiger partial charge on any atom is -0.493 e. The smallest absolute Gasteiger partial charge is 0.133 e. The highest BCUT2D eigenvalue weighted by atomic mass is 79.9. The van der Waals surface area contributed by atoms with Crippen LogP contribution in [0.15, 0.2) is 22.7 Å². The highest BCUT2D eigenvalue weighted by molar-refractivity contribution is 9.10. The van der Waals surface area contributed by atoms with E-state index in [0.29, 0.717) is 6.61 Å². The number of halogens is 1. The van der Waals surface area contributed by atoms with Crippen molar-refractivity contribution in [3.8, 4) is 5.75 Å². The molecule has 0 spiro atoms. The largest absolute Gasteiger partial charge is 0.493 e. The molecule has 2 nitrogen and oxygen atoms in total. The standard InChI is InChI=1S/C9H11BrO2/c1-2-12-8-5-3-4-7(6-11)9(8)10/h3-5,11H,2,6H2,1H3. The zero-order valence-corrected chi connectivity index (χ0v) is 8.47. The van der Waals surface area contributed by atoms with Gasteiger partial charge in [0.1, 0.15) is 5.75 Å². The van der Waals surface area contributed by atoms with Gasteiger partial charge in [-0.05, 0) is 34.5 Å². The van der Waals surface area contributed by atoms with Crippen LogP contribution in [-0.4, -0.2) is 11.7 Å². The van der Waals surface area contributed by atoms with Crippen LogP contribution in [0.3, 0.4) is 0 Å². The van der Waals surface area contributed by atoms with Gasteiger partial charge in [-0.1, -0.05) is 12.1 Å². The molecule has 0 bridgehead atoms. The molecule has 1 aromatic rings. The van der Waals surface area contributed by atoms with Gasteiger partial charge in [0.05, 0.1) is 17.7 Å². The second kappa shape index (κ2) is 4.48. The van der Waals surface area contributed by atoms with Gasteiger partial charge < -0.3 is 9.84 Å². The summed E-state index contributed by atoms with van der Waals surface area (Å²) >= 11 is 3.36. The summed E-state index contributed by atoms with van der Waals surface area (Å²) in [5.41, 5.74) is 0.848. The van der Waals surface area contributed by atoms with E-state index in [9.17, 15) is 0 Å². The highest BCUT2D eigenvalue weighted by Gasteiger charge is 2.03. The van der Waals surface area contributed by atoms with Crippen LogP contribution in [0, 0.1) is 0 Å². The van der Waals surface area contributed by atoms with E-state index >= 15 is 0 Å². The first-order chi connectivity index (χ1) is 5.79. The summed E-state index contributed by atoms with van der Waals surface area (Å²) in [4.78, 5) is 0. The zero-order valence-electron chi connectivity index (χ0n) is 6.88. The SMILES string of the molecule is CCOc1cccc(CO)c1Br. The van der Waals surface area contributed by atoms with Crippen molar-refractivity contribution in [2.75, 3.05) is 6.61 Å². The topological polar surface area (TPSA) is 29.5 Å². The molecule has 1 rings (SSSR count). The van der Waals surface area contributed by atoms with Crippen molar-refractivity contribution >= 4 is 15.9 Å². The van der Waals surface area contributed by atoms with Gasteiger partial charge in [0.25, 0.3) is 0 Å². The Bertz CT molecular complexity index is 261. The molecule has 0 heterocycles. The summed E-state index contributed by atoms with van der Waals surface area (Å²) in [5, 5.41) is 8.93. The fourth-order valence-corrected chi connectivity index (χ4v) is 1.45. The molecular weight excluding hydrogens is 220 g/mol. The predicted octanol–water partition coefficient (Wildman–Crippen LogP) is 2.34. The van der Waals surface area contributed by atoms with Crippen LogP contribution in [-0.2, 0) is 6.61 Å². The summed E-state index contributed by atoms with van der Waals surface area (Å²) < 4.78 is 6.16.